The number of halogens is 6. The second-order valence-electron chi connectivity index (χ2n) is 7.38. The van der Waals surface area contributed by atoms with E-state index in [0.717, 1.165) is 19.7 Å². The van der Waals surface area contributed by atoms with Crippen LogP contribution in [-0.4, -0.2) is 94.7 Å². The summed E-state index contributed by atoms with van der Waals surface area (Å²) in [6.07, 6.45) is -7.51. The topological polar surface area (TPSA) is 103 Å². The number of likely N-dealkylation sites (tertiary alicyclic amines) is 2. The van der Waals surface area contributed by atoms with Crippen LogP contribution >= 0.6 is 11.3 Å². The third kappa shape index (κ3) is 9.43. The van der Waals surface area contributed by atoms with Crippen LogP contribution in [0.2, 0.25) is 0 Å². The van der Waals surface area contributed by atoms with Gasteiger partial charge in [0.25, 0.3) is 0 Å². The first-order valence-electron chi connectivity index (χ1n) is 9.58. The van der Waals surface area contributed by atoms with Crippen molar-refractivity contribution in [1.82, 2.24) is 14.8 Å². The van der Waals surface area contributed by atoms with Gasteiger partial charge in [-0.2, -0.15) is 26.3 Å². The van der Waals surface area contributed by atoms with E-state index in [9.17, 15) is 26.3 Å². The number of rotatable bonds is 5. The summed E-state index contributed by atoms with van der Waals surface area (Å²) in [7, 11) is 1.78. The zero-order valence-corrected chi connectivity index (χ0v) is 18.7. The van der Waals surface area contributed by atoms with E-state index in [1.807, 2.05) is 0 Å². The fourth-order valence-corrected chi connectivity index (χ4v) is 3.93. The van der Waals surface area contributed by atoms with Gasteiger partial charge in [-0.1, -0.05) is 0 Å². The molecule has 0 amide bonds. The zero-order valence-electron chi connectivity index (χ0n) is 17.9. The molecule has 0 bridgehead atoms. The van der Waals surface area contributed by atoms with Crippen molar-refractivity contribution in [3.05, 3.63) is 16.1 Å². The predicted octanol–water partition coefficient (Wildman–Crippen LogP) is 3.01. The summed E-state index contributed by atoms with van der Waals surface area (Å²) in [4.78, 5) is 27.6. The summed E-state index contributed by atoms with van der Waals surface area (Å²) in [5.41, 5.74) is 1.68. The van der Waals surface area contributed by atoms with Crippen molar-refractivity contribution >= 4 is 23.3 Å². The van der Waals surface area contributed by atoms with Gasteiger partial charge in [-0.15, -0.1) is 11.3 Å². The molecule has 3 heterocycles. The van der Waals surface area contributed by atoms with Gasteiger partial charge in [-0.25, -0.2) is 14.6 Å². The summed E-state index contributed by atoms with van der Waals surface area (Å²) in [6, 6.07) is 0. The Bertz CT molecular complexity index is 764. The minimum absolute atomic E-state index is 0.436. The molecule has 2 fully saturated rings. The number of carboxylic acid groups (broad SMARTS) is 2. The number of nitrogens with zero attached hydrogens (tertiary/aromatic N) is 3. The highest BCUT2D eigenvalue weighted by atomic mass is 32.1. The molecule has 33 heavy (non-hydrogen) atoms. The molecule has 3 rings (SSSR count). The van der Waals surface area contributed by atoms with Gasteiger partial charge in [0.05, 0.1) is 17.3 Å². The maximum Gasteiger partial charge on any atom is 0.490 e. The largest absolute Gasteiger partial charge is 0.490 e. The van der Waals surface area contributed by atoms with Crippen LogP contribution in [0.4, 0.5) is 26.3 Å². The molecule has 2 aliphatic rings. The summed E-state index contributed by atoms with van der Waals surface area (Å²) >= 11 is 1.76. The zero-order chi connectivity index (χ0) is 25.4. The molecule has 2 N–H and O–H groups in total. The fourth-order valence-electron chi connectivity index (χ4n) is 3.32. The van der Waals surface area contributed by atoms with Crippen LogP contribution in [-0.2, 0) is 20.9 Å². The number of carbonyl (C=O) groups is 2. The maximum atomic E-state index is 10.6. The summed E-state index contributed by atoms with van der Waals surface area (Å²) in [5.74, 6) is -5.51. The van der Waals surface area contributed by atoms with Gasteiger partial charge in [-0.3, -0.25) is 9.80 Å². The molecule has 0 radical (unpaired) electrons. The molecule has 2 aliphatic heterocycles. The average molecular weight is 509 g/mol. The number of hydrogen-bond donors (Lipinski definition) is 2. The number of thiazole rings is 1. The minimum Gasteiger partial charge on any atom is -0.475 e. The minimum atomic E-state index is -5.08. The molecule has 1 unspecified atom stereocenters. The number of ether oxygens (including phenoxy) is 1. The number of alkyl halides is 6. The molecule has 190 valence electrons. The van der Waals surface area contributed by atoms with E-state index in [1.54, 1.807) is 18.4 Å². The van der Waals surface area contributed by atoms with E-state index in [-0.39, 0.29) is 0 Å². The second-order valence-corrected chi connectivity index (χ2v) is 8.44. The van der Waals surface area contributed by atoms with Crippen molar-refractivity contribution < 1.29 is 50.9 Å². The third-order valence-electron chi connectivity index (χ3n) is 5.05. The second kappa shape index (κ2) is 11.9. The Balaban J connectivity index is 0.000000324. The third-order valence-corrected chi connectivity index (χ3v) is 5.87. The standard InChI is InChI=1S/C14H23N3OS.2C2HF3O2/c1-12-15-13(10-19-12)9-17-6-4-14(17)3-5-16(11-14)7-8-18-2;2*3-2(4,5)1(6)7/h10H,3-9,11H2,1-2H3;2*(H,6,7). The lowest BCUT2D eigenvalue weighted by Gasteiger charge is -2.50. The Kier molecular flexibility index (Phi) is 10.5. The van der Waals surface area contributed by atoms with E-state index in [1.165, 1.54) is 43.2 Å². The lowest BCUT2D eigenvalue weighted by Crippen LogP contribution is -2.60. The molecule has 15 heteroatoms. The maximum absolute atomic E-state index is 10.6. The average Bonchev–Trinajstić information content (AvgIpc) is 3.31. The van der Waals surface area contributed by atoms with Gasteiger partial charge in [0.15, 0.2) is 0 Å². The van der Waals surface area contributed by atoms with Gasteiger partial charge < -0.3 is 14.9 Å². The van der Waals surface area contributed by atoms with Crippen LogP contribution in [0.25, 0.3) is 0 Å². The van der Waals surface area contributed by atoms with E-state index in [0.29, 0.717) is 5.54 Å². The van der Waals surface area contributed by atoms with Crippen molar-refractivity contribution in [3.8, 4) is 0 Å². The van der Waals surface area contributed by atoms with Crippen LogP contribution in [0.15, 0.2) is 5.38 Å². The molecule has 1 aromatic heterocycles. The lowest BCUT2D eigenvalue weighted by atomic mass is 9.83. The number of aliphatic carboxylic acids is 2. The van der Waals surface area contributed by atoms with Crippen molar-refractivity contribution in [3.63, 3.8) is 0 Å². The fraction of sp³-hybridized carbons (Fsp3) is 0.722. The van der Waals surface area contributed by atoms with Gasteiger partial charge >= 0.3 is 24.3 Å². The Morgan fingerprint density at radius 2 is 1.64 bits per heavy atom. The first kappa shape index (κ1) is 29.1. The van der Waals surface area contributed by atoms with Gasteiger partial charge in [0.1, 0.15) is 0 Å². The van der Waals surface area contributed by atoms with E-state index in [4.69, 9.17) is 24.5 Å². The summed E-state index contributed by atoms with van der Waals surface area (Å²) in [5, 5.41) is 17.6. The quantitative estimate of drug-likeness (QED) is 0.584. The number of aromatic nitrogens is 1. The lowest BCUT2D eigenvalue weighted by molar-refractivity contribution is -0.193. The number of aryl methyl sites for hydroxylation is 1. The molecule has 0 aliphatic carbocycles. The Morgan fingerprint density at radius 1 is 1.12 bits per heavy atom. The van der Waals surface area contributed by atoms with Crippen molar-refractivity contribution in [2.75, 3.05) is 39.9 Å². The molecule has 1 aromatic rings. The van der Waals surface area contributed by atoms with Crippen molar-refractivity contribution in [2.45, 2.75) is 44.2 Å². The highest BCUT2D eigenvalue weighted by molar-refractivity contribution is 7.09. The molecular weight excluding hydrogens is 484 g/mol. The Labute approximate surface area is 189 Å². The van der Waals surface area contributed by atoms with Crippen LogP contribution < -0.4 is 0 Å². The van der Waals surface area contributed by atoms with Crippen LogP contribution in [0.1, 0.15) is 23.5 Å². The molecule has 2 saturated heterocycles. The van der Waals surface area contributed by atoms with Crippen LogP contribution in [0.3, 0.4) is 0 Å². The molecule has 8 nitrogen and oxygen atoms in total. The Hall–Kier alpha value is -1.97. The molecule has 1 atom stereocenters. The summed E-state index contributed by atoms with van der Waals surface area (Å²) in [6.45, 7) is 8.69. The molecule has 0 saturated carbocycles. The Morgan fingerprint density at radius 3 is 2.00 bits per heavy atom. The number of carboxylic acids is 2. The SMILES string of the molecule is COCCN1CCC2(CCN2Cc2csc(C)n2)C1.O=C(O)C(F)(F)F.O=C(O)C(F)(F)F. The van der Waals surface area contributed by atoms with Gasteiger partial charge in [0, 0.05) is 50.8 Å². The molecular formula is C18H25F6N3O5S. The first-order chi connectivity index (χ1) is 15.1. The first-order valence-corrected chi connectivity index (χ1v) is 10.5. The molecule has 1 spiro atoms. The van der Waals surface area contributed by atoms with Crippen molar-refractivity contribution in [2.24, 2.45) is 0 Å². The van der Waals surface area contributed by atoms with Crippen LogP contribution in [0.5, 0.6) is 0 Å². The molecule has 0 aromatic carbocycles. The smallest absolute Gasteiger partial charge is 0.475 e. The predicted molar refractivity (Wildman–Crippen MR) is 105 cm³/mol. The van der Waals surface area contributed by atoms with Crippen molar-refractivity contribution in [1.29, 1.82) is 0 Å². The monoisotopic (exact) mass is 509 g/mol. The highest BCUT2D eigenvalue weighted by Crippen LogP contribution is 2.40. The highest BCUT2D eigenvalue weighted by Gasteiger charge is 2.48. The van der Waals surface area contributed by atoms with Gasteiger partial charge in [-0.05, 0) is 19.8 Å². The summed E-state index contributed by atoms with van der Waals surface area (Å²) < 4.78 is 68.7. The van der Waals surface area contributed by atoms with Gasteiger partial charge in [0.2, 0.25) is 0 Å². The normalized spacial score (nSPS) is 21.0. The number of hydrogen-bond acceptors (Lipinski definition) is 7. The van der Waals surface area contributed by atoms with E-state index < -0.39 is 24.3 Å². The van der Waals surface area contributed by atoms with E-state index in [2.05, 4.69) is 27.1 Å². The number of methoxy groups -OCH3 is 1. The van der Waals surface area contributed by atoms with Crippen LogP contribution in [0, 0.1) is 6.92 Å². The van der Waals surface area contributed by atoms with E-state index >= 15 is 0 Å².